The first kappa shape index (κ1) is 24.4. The Morgan fingerprint density at radius 2 is 1.46 bits per heavy atom. The van der Waals surface area contributed by atoms with Crippen LogP contribution in [-0.2, 0) is 0 Å². The molecular formula is C35H32N2. The zero-order valence-corrected chi connectivity index (χ0v) is 22.0. The van der Waals surface area contributed by atoms with Crippen molar-refractivity contribution in [3.8, 4) is 33.9 Å². The molecule has 1 heterocycles. The molecule has 182 valence electrons. The molecule has 0 saturated heterocycles. The molecule has 0 amide bonds. The Bertz CT molecular complexity index is 1620. The van der Waals surface area contributed by atoms with E-state index in [1.165, 1.54) is 27.5 Å². The standard InChI is InChI=1S/C35H32N2/c1-5-26(6-2)16-17-27-18-19-28-20-21-30(23-31(28)22-27)35-36-33(29-13-8-7-9-14-29)25(4)34(37-35)32-15-11-10-12-24(32)3/h5,7-23H,6H2,1-4H3/b17-16-,26-5-. The number of aryl methyl sites for hydroxylation is 1. The van der Waals surface area contributed by atoms with Crippen LogP contribution in [0.5, 0.6) is 0 Å². The van der Waals surface area contributed by atoms with Gasteiger partial charge in [-0.25, -0.2) is 9.97 Å². The number of benzene rings is 4. The van der Waals surface area contributed by atoms with Crippen molar-refractivity contribution in [3.05, 3.63) is 125 Å². The lowest BCUT2D eigenvalue weighted by Crippen LogP contribution is -2.01. The van der Waals surface area contributed by atoms with Gasteiger partial charge in [-0.2, -0.15) is 0 Å². The van der Waals surface area contributed by atoms with Crippen LogP contribution in [0.1, 0.15) is 37.0 Å². The van der Waals surface area contributed by atoms with Crippen molar-refractivity contribution < 1.29 is 0 Å². The molecule has 0 radical (unpaired) electrons. The summed E-state index contributed by atoms with van der Waals surface area (Å²) in [7, 11) is 0. The normalized spacial score (nSPS) is 11.9. The van der Waals surface area contributed by atoms with E-state index in [0.29, 0.717) is 0 Å². The fraction of sp³-hybridized carbons (Fsp3) is 0.143. The Morgan fingerprint density at radius 1 is 0.730 bits per heavy atom. The highest BCUT2D eigenvalue weighted by molar-refractivity contribution is 5.89. The summed E-state index contributed by atoms with van der Waals surface area (Å²) in [4.78, 5) is 10.2. The van der Waals surface area contributed by atoms with Crippen LogP contribution >= 0.6 is 0 Å². The average Bonchev–Trinajstić information content (AvgIpc) is 2.94. The average molecular weight is 481 g/mol. The molecule has 5 aromatic rings. The molecule has 4 aromatic carbocycles. The molecule has 0 N–H and O–H groups in total. The summed E-state index contributed by atoms with van der Waals surface area (Å²) < 4.78 is 0. The Kier molecular flexibility index (Phi) is 7.09. The first-order valence-corrected chi connectivity index (χ1v) is 12.9. The third-order valence-electron chi connectivity index (χ3n) is 6.98. The highest BCUT2D eigenvalue weighted by atomic mass is 14.9. The first-order valence-electron chi connectivity index (χ1n) is 12.9. The van der Waals surface area contributed by atoms with Crippen LogP contribution in [0.3, 0.4) is 0 Å². The molecule has 0 aliphatic heterocycles. The van der Waals surface area contributed by atoms with Crippen molar-refractivity contribution in [3.63, 3.8) is 0 Å². The van der Waals surface area contributed by atoms with Crippen molar-refractivity contribution in [2.45, 2.75) is 34.1 Å². The van der Waals surface area contributed by atoms with Crippen LogP contribution < -0.4 is 0 Å². The molecule has 0 unspecified atom stereocenters. The van der Waals surface area contributed by atoms with Gasteiger partial charge in [0.1, 0.15) is 0 Å². The molecule has 2 nitrogen and oxygen atoms in total. The van der Waals surface area contributed by atoms with E-state index in [1.54, 1.807) is 0 Å². The van der Waals surface area contributed by atoms with E-state index >= 15 is 0 Å². The van der Waals surface area contributed by atoms with Crippen molar-refractivity contribution >= 4 is 16.8 Å². The van der Waals surface area contributed by atoms with Gasteiger partial charge >= 0.3 is 0 Å². The van der Waals surface area contributed by atoms with E-state index in [4.69, 9.17) is 9.97 Å². The third-order valence-corrected chi connectivity index (χ3v) is 6.98. The van der Waals surface area contributed by atoms with Gasteiger partial charge in [0.05, 0.1) is 11.4 Å². The molecule has 0 bridgehead atoms. The zero-order chi connectivity index (χ0) is 25.8. The summed E-state index contributed by atoms with van der Waals surface area (Å²) in [6.07, 6.45) is 7.59. The SMILES string of the molecule is C/C=C(\C=C/c1ccc2ccc(-c3nc(-c4ccccc4)c(C)c(-c4ccccc4C)n3)cc2c1)CC. The van der Waals surface area contributed by atoms with Crippen LogP contribution in [-0.4, -0.2) is 9.97 Å². The van der Waals surface area contributed by atoms with E-state index in [1.807, 2.05) is 6.07 Å². The minimum absolute atomic E-state index is 0.743. The van der Waals surface area contributed by atoms with Gasteiger partial charge in [0, 0.05) is 22.3 Å². The predicted octanol–water partition coefficient (Wildman–Crippen LogP) is 9.62. The molecule has 0 saturated carbocycles. The Morgan fingerprint density at radius 3 is 2.22 bits per heavy atom. The number of hydrogen-bond donors (Lipinski definition) is 0. The molecule has 5 rings (SSSR count). The van der Waals surface area contributed by atoms with Crippen LogP contribution in [0.2, 0.25) is 0 Å². The smallest absolute Gasteiger partial charge is 0.160 e. The molecule has 0 spiro atoms. The first-order chi connectivity index (χ1) is 18.1. The fourth-order valence-electron chi connectivity index (χ4n) is 4.75. The summed E-state index contributed by atoms with van der Waals surface area (Å²) in [6.45, 7) is 8.54. The monoisotopic (exact) mass is 480 g/mol. The number of aromatic nitrogens is 2. The molecule has 37 heavy (non-hydrogen) atoms. The summed E-state index contributed by atoms with van der Waals surface area (Å²) >= 11 is 0. The van der Waals surface area contributed by atoms with E-state index in [0.717, 1.165) is 45.9 Å². The van der Waals surface area contributed by atoms with Gasteiger partial charge in [-0.3, -0.25) is 0 Å². The highest BCUT2D eigenvalue weighted by Gasteiger charge is 2.16. The molecule has 0 atom stereocenters. The Hall–Kier alpha value is -4.30. The van der Waals surface area contributed by atoms with Crippen molar-refractivity contribution in [2.75, 3.05) is 0 Å². The predicted molar refractivity (Wildman–Crippen MR) is 158 cm³/mol. The summed E-state index contributed by atoms with van der Waals surface area (Å²) in [5, 5.41) is 2.39. The van der Waals surface area contributed by atoms with E-state index in [-0.39, 0.29) is 0 Å². The van der Waals surface area contributed by atoms with E-state index in [2.05, 4.69) is 131 Å². The molecule has 0 aliphatic rings. The summed E-state index contributed by atoms with van der Waals surface area (Å²) in [5.74, 6) is 0.743. The van der Waals surface area contributed by atoms with Crippen LogP contribution in [0.15, 0.2) is 109 Å². The quantitative estimate of drug-likeness (QED) is 0.226. The van der Waals surface area contributed by atoms with E-state index < -0.39 is 0 Å². The van der Waals surface area contributed by atoms with Gasteiger partial charge in [0.2, 0.25) is 0 Å². The second-order valence-corrected chi connectivity index (χ2v) is 9.42. The Balaban J connectivity index is 1.66. The second-order valence-electron chi connectivity index (χ2n) is 9.42. The maximum atomic E-state index is 5.14. The van der Waals surface area contributed by atoms with Gasteiger partial charge in [-0.15, -0.1) is 0 Å². The topological polar surface area (TPSA) is 25.8 Å². The molecule has 0 fully saturated rings. The van der Waals surface area contributed by atoms with Gasteiger partial charge in [0.15, 0.2) is 5.82 Å². The summed E-state index contributed by atoms with van der Waals surface area (Å²) in [5.41, 5.74) is 10.0. The molecular weight excluding hydrogens is 448 g/mol. The van der Waals surface area contributed by atoms with E-state index in [9.17, 15) is 0 Å². The van der Waals surface area contributed by atoms with Crippen LogP contribution in [0.25, 0.3) is 50.8 Å². The molecule has 1 aromatic heterocycles. The third kappa shape index (κ3) is 5.15. The zero-order valence-electron chi connectivity index (χ0n) is 22.0. The maximum absolute atomic E-state index is 5.14. The van der Waals surface area contributed by atoms with Crippen LogP contribution in [0, 0.1) is 13.8 Å². The molecule has 2 heteroatoms. The minimum Gasteiger partial charge on any atom is -0.228 e. The number of fused-ring (bicyclic) bond motifs is 1. The van der Waals surface area contributed by atoms with Crippen molar-refractivity contribution in [2.24, 2.45) is 0 Å². The number of rotatable bonds is 6. The lowest BCUT2D eigenvalue weighted by molar-refractivity contribution is 1.14. The lowest BCUT2D eigenvalue weighted by atomic mass is 9.97. The minimum atomic E-state index is 0.743. The largest absolute Gasteiger partial charge is 0.228 e. The number of nitrogens with zero attached hydrogens (tertiary/aromatic N) is 2. The van der Waals surface area contributed by atoms with Gasteiger partial charge in [-0.05, 0) is 61.2 Å². The number of hydrogen-bond acceptors (Lipinski definition) is 2. The van der Waals surface area contributed by atoms with Gasteiger partial charge in [-0.1, -0.05) is 110 Å². The second kappa shape index (κ2) is 10.8. The van der Waals surface area contributed by atoms with Crippen molar-refractivity contribution in [1.29, 1.82) is 0 Å². The summed E-state index contributed by atoms with van der Waals surface area (Å²) in [6, 6.07) is 32.0. The highest BCUT2D eigenvalue weighted by Crippen LogP contribution is 2.34. The fourth-order valence-corrected chi connectivity index (χ4v) is 4.75. The molecule has 0 aliphatic carbocycles. The van der Waals surface area contributed by atoms with Gasteiger partial charge in [0.25, 0.3) is 0 Å². The Labute approximate surface area is 220 Å². The lowest BCUT2D eigenvalue weighted by Gasteiger charge is -2.15. The van der Waals surface area contributed by atoms with Crippen LogP contribution in [0.4, 0.5) is 0 Å². The maximum Gasteiger partial charge on any atom is 0.160 e. The van der Waals surface area contributed by atoms with Gasteiger partial charge < -0.3 is 0 Å². The van der Waals surface area contributed by atoms with Crippen molar-refractivity contribution in [1.82, 2.24) is 9.97 Å². The number of allylic oxidation sites excluding steroid dienone is 3.